The standard InChI is InChI=1S/C22H28N2O2/c1-16-7-12-21(17(2)14-16)26-15-22(25)23-19-8-10-20(11-9-19)24-13-5-4-6-18(24)3/h7-12,14,18H,4-6,13,15H2,1-3H3,(H,23,25)/t18-/m0/s1. The number of nitrogens with one attached hydrogen (secondary N) is 1. The Morgan fingerprint density at radius 3 is 2.62 bits per heavy atom. The second-order valence-electron chi connectivity index (χ2n) is 7.19. The van der Waals surface area contributed by atoms with E-state index in [1.54, 1.807) is 0 Å². The Hall–Kier alpha value is -2.49. The van der Waals surface area contributed by atoms with E-state index < -0.39 is 0 Å². The molecule has 0 radical (unpaired) electrons. The number of carbonyl (C=O) groups is 1. The monoisotopic (exact) mass is 352 g/mol. The Bertz CT molecular complexity index is 755. The Morgan fingerprint density at radius 1 is 1.15 bits per heavy atom. The molecule has 4 heteroatoms. The number of rotatable bonds is 5. The van der Waals surface area contributed by atoms with Crippen LogP contribution in [0.3, 0.4) is 0 Å². The van der Waals surface area contributed by atoms with Gasteiger partial charge in [-0.3, -0.25) is 4.79 Å². The van der Waals surface area contributed by atoms with Crippen molar-refractivity contribution in [3.63, 3.8) is 0 Å². The highest BCUT2D eigenvalue weighted by Gasteiger charge is 2.18. The first-order chi connectivity index (χ1) is 12.5. The number of aryl methyl sites for hydroxylation is 2. The van der Waals surface area contributed by atoms with E-state index >= 15 is 0 Å². The predicted octanol–water partition coefficient (Wildman–Crippen LogP) is 4.70. The number of ether oxygens (including phenoxy) is 1. The molecule has 2 aromatic rings. The van der Waals surface area contributed by atoms with Crippen molar-refractivity contribution in [2.75, 3.05) is 23.4 Å². The van der Waals surface area contributed by atoms with Gasteiger partial charge in [0.2, 0.25) is 0 Å². The summed E-state index contributed by atoms with van der Waals surface area (Å²) in [7, 11) is 0. The van der Waals surface area contributed by atoms with Crippen molar-refractivity contribution < 1.29 is 9.53 Å². The summed E-state index contributed by atoms with van der Waals surface area (Å²) in [6.07, 6.45) is 3.80. The van der Waals surface area contributed by atoms with Crippen LogP contribution in [0.15, 0.2) is 42.5 Å². The second kappa shape index (κ2) is 8.26. The Balaban J connectivity index is 1.54. The number of piperidine rings is 1. The summed E-state index contributed by atoms with van der Waals surface area (Å²) in [6, 6.07) is 14.6. The van der Waals surface area contributed by atoms with E-state index in [1.165, 1.54) is 30.5 Å². The van der Waals surface area contributed by atoms with Crippen molar-refractivity contribution in [1.29, 1.82) is 0 Å². The third kappa shape index (κ3) is 4.57. The SMILES string of the molecule is Cc1ccc(OCC(=O)Nc2ccc(N3CCCC[C@@H]3C)cc2)c(C)c1. The largest absolute Gasteiger partial charge is 0.483 e. The lowest BCUT2D eigenvalue weighted by Crippen LogP contribution is -2.37. The van der Waals surface area contributed by atoms with E-state index in [0.29, 0.717) is 6.04 Å². The Kier molecular flexibility index (Phi) is 5.82. The van der Waals surface area contributed by atoms with Gasteiger partial charge in [-0.15, -0.1) is 0 Å². The number of amides is 1. The van der Waals surface area contributed by atoms with Crippen molar-refractivity contribution in [3.05, 3.63) is 53.6 Å². The van der Waals surface area contributed by atoms with Crippen molar-refractivity contribution in [3.8, 4) is 5.75 Å². The van der Waals surface area contributed by atoms with E-state index in [0.717, 1.165) is 23.5 Å². The summed E-state index contributed by atoms with van der Waals surface area (Å²) in [5.41, 5.74) is 4.24. The molecule has 138 valence electrons. The van der Waals surface area contributed by atoms with E-state index in [-0.39, 0.29) is 12.5 Å². The lowest BCUT2D eigenvalue weighted by molar-refractivity contribution is -0.118. The van der Waals surface area contributed by atoms with Gasteiger partial charge in [-0.05, 0) is 75.9 Å². The van der Waals surface area contributed by atoms with E-state index in [9.17, 15) is 4.79 Å². The summed E-state index contributed by atoms with van der Waals surface area (Å²) in [5.74, 6) is 0.601. The lowest BCUT2D eigenvalue weighted by Gasteiger charge is -2.35. The highest BCUT2D eigenvalue weighted by molar-refractivity contribution is 5.92. The number of hydrogen-bond donors (Lipinski definition) is 1. The summed E-state index contributed by atoms with van der Waals surface area (Å²) < 4.78 is 5.64. The molecule has 1 aliphatic rings. The first kappa shape index (κ1) is 18.3. The van der Waals surface area contributed by atoms with Gasteiger partial charge in [0.15, 0.2) is 6.61 Å². The molecule has 0 bridgehead atoms. The molecule has 1 heterocycles. The summed E-state index contributed by atoms with van der Waals surface area (Å²) in [4.78, 5) is 14.6. The molecule has 1 atom stereocenters. The zero-order valence-electron chi connectivity index (χ0n) is 15.9. The normalized spacial score (nSPS) is 17.0. The van der Waals surface area contributed by atoms with Gasteiger partial charge in [-0.1, -0.05) is 17.7 Å². The minimum atomic E-state index is -0.149. The number of hydrogen-bond acceptors (Lipinski definition) is 3. The van der Waals surface area contributed by atoms with Gasteiger partial charge in [0.25, 0.3) is 5.91 Å². The summed E-state index contributed by atoms with van der Waals surface area (Å²) in [6.45, 7) is 7.42. The first-order valence-corrected chi connectivity index (χ1v) is 9.39. The van der Waals surface area contributed by atoms with Gasteiger partial charge in [0, 0.05) is 24.0 Å². The molecule has 0 spiro atoms. The minimum Gasteiger partial charge on any atom is -0.483 e. The molecule has 4 nitrogen and oxygen atoms in total. The van der Waals surface area contributed by atoms with Crippen LogP contribution < -0.4 is 15.0 Å². The maximum atomic E-state index is 12.2. The fourth-order valence-electron chi connectivity index (χ4n) is 3.52. The highest BCUT2D eigenvalue weighted by atomic mass is 16.5. The van der Waals surface area contributed by atoms with Crippen LogP contribution in [0, 0.1) is 13.8 Å². The first-order valence-electron chi connectivity index (χ1n) is 9.39. The van der Waals surface area contributed by atoms with Crippen LogP contribution in [0.1, 0.15) is 37.3 Å². The van der Waals surface area contributed by atoms with Crippen LogP contribution in [0.4, 0.5) is 11.4 Å². The van der Waals surface area contributed by atoms with Gasteiger partial charge in [0.1, 0.15) is 5.75 Å². The molecule has 0 aliphatic carbocycles. The maximum Gasteiger partial charge on any atom is 0.262 e. The molecule has 3 rings (SSSR count). The third-order valence-electron chi connectivity index (χ3n) is 4.97. The molecule has 0 saturated carbocycles. The molecule has 1 amide bonds. The van der Waals surface area contributed by atoms with Crippen LogP contribution >= 0.6 is 0 Å². The predicted molar refractivity (Wildman–Crippen MR) is 107 cm³/mol. The quantitative estimate of drug-likeness (QED) is 0.848. The topological polar surface area (TPSA) is 41.6 Å². The second-order valence-corrected chi connectivity index (χ2v) is 7.19. The molecule has 1 saturated heterocycles. The number of benzene rings is 2. The fourth-order valence-corrected chi connectivity index (χ4v) is 3.52. The van der Waals surface area contributed by atoms with Crippen molar-refractivity contribution in [2.24, 2.45) is 0 Å². The van der Waals surface area contributed by atoms with Gasteiger partial charge in [-0.25, -0.2) is 0 Å². The average molecular weight is 352 g/mol. The van der Waals surface area contributed by atoms with Crippen LogP contribution in [0.25, 0.3) is 0 Å². The van der Waals surface area contributed by atoms with Crippen LogP contribution in [-0.4, -0.2) is 25.1 Å². The molecule has 1 N–H and O–H groups in total. The van der Waals surface area contributed by atoms with Gasteiger partial charge >= 0.3 is 0 Å². The molecule has 2 aromatic carbocycles. The average Bonchev–Trinajstić information content (AvgIpc) is 2.62. The molecular weight excluding hydrogens is 324 g/mol. The van der Waals surface area contributed by atoms with Crippen molar-refractivity contribution in [1.82, 2.24) is 0 Å². The minimum absolute atomic E-state index is 0.00874. The Labute approximate surface area is 156 Å². The van der Waals surface area contributed by atoms with E-state index in [1.807, 2.05) is 44.2 Å². The van der Waals surface area contributed by atoms with Gasteiger partial charge < -0.3 is 15.0 Å². The van der Waals surface area contributed by atoms with Gasteiger partial charge in [0.05, 0.1) is 0 Å². The van der Waals surface area contributed by atoms with Gasteiger partial charge in [-0.2, -0.15) is 0 Å². The molecule has 0 aromatic heterocycles. The molecule has 0 unspecified atom stereocenters. The molecular formula is C22H28N2O2. The smallest absolute Gasteiger partial charge is 0.262 e. The van der Waals surface area contributed by atoms with Crippen LogP contribution in [0.2, 0.25) is 0 Å². The molecule has 1 fully saturated rings. The summed E-state index contributed by atoms with van der Waals surface area (Å²) in [5, 5.41) is 2.90. The zero-order valence-corrected chi connectivity index (χ0v) is 15.9. The third-order valence-corrected chi connectivity index (χ3v) is 4.97. The van der Waals surface area contributed by atoms with E-state index in [4.69, 9.17) is 4.74 Å². The highest BCUT2D eigenvalue weighted by Crippen LogP contribution is 2.26. The van der Waals surface area contributed by atoms with E-state index in [2.05, 4.69) is 29.3 Å². The zero-order chi connectivity index (χ0) is 18.5. The maximum absolute atomic E-state index is 12.2. The number of anilines is 2. The fraction of sp³-hybridized carbons (Fsp3) is 0.409. The van der Waals surface area contributed by atoms with Crippen LogP contribution in [0.5, 0.6) is 5.75 Å². The molecule has 1 aliphatic heterocycles. The Morgan fingerprint density at radius 2 is 1.92 bits per heavy atom. The van der Waals surface area contributed by atoms with Crippen molar-refractivity contribution in [2.45, 2.75) is 46.1 Å². The lowest BCUT2D eigenvalue weighted by atomic mass is 10.0. The summed E-state index contributed by atoms with van der Waals surface area (Å²) >= 11 is 0. The molecule has 26 heavy (non-hydrogen) atoms. The van der Waals surface area contributed by atoms with Crippen molar-refractivity contribution >= 4 is 17.3 Å². The number of nitrogens with zero attached hydrogens (tertiary/aromatic N) is 1. The number of carbonyl (C=O) groups excluding carboxylic acids is 1. The van der Waals surface area contributed by atoms with Crippen LogP contribution in [-0.2, 0) is 4.79 Å².